The maximum atomic E-state index is 12.8. The summed E-state index contributed by atoms with van der Waals surface area (Å²) in [5.41, 5.74) is 2.53. The molecule has 0 saturated heterocycles. The van der Waals surface area contributed by atoms with Crippen LogP contribution in [0.3, 0.4) is 0 Å². The molecule has 0 aliphatic heterocycles. The summed E-state index contributed by atoms with van der Waals surface area (Å²) in [6.45, 7) is 4.84. The average molecular weight is 406 g/mol. The number of aliphatic imine (C=N–C) groups is 1. The highest BCUT2D eigenvalue weighted by Gasteiger charge is 2.12. The van der Waals surface area contributed by atoms with E-state index in [1.807, 2.05) is 32.9 Å². The molecule has 2 N–H and O–H groups in total. The molecule has 158 valence electrons. The highest BCUT2D eigenvalue weighted by atomic mass is 19.3. The zero-order chi connectivity index (χ0) is 21.1. The number of alkyl halides is 2. The van der Waals surface area contributed by atoms with Crippen molar-refractivity contribution in [3.63, 3.8) is 0 Å². The predicted octanol–water partition coefficient (Wildman–Crippen LogP) is 4.04. The molecule has 0 unspecified atom stereocenters. The van der Waals surface area contributed by atoms with E-state index in [0.29, 0.717) is 37.0 Å². The molecular weight excluding hydrogens is 378 g/mol. The van der Waals surface area contributed by atoms with Crippen molar-refractivity contribution < 1.29 is 18.3 Å². The minimum Gasteiger partial charge on any atom is -0.493 e. The molecule has 2 aromatic rings. The lowest BCUT2D eigenvalue weighted by molar-refractivity contribution is -0.0505. The van der Waals surface area contributed by atoms with Crippen LogP contribution in [-0.2, 0) is 13.1 Å². The molecule has 0 aliphatic rings. The molecule has 0 amide bonds. The highest BCUT2D eigenvalue weighted by Crippen LogP contribution is 2.27. The van der Waals surface area contributed by atoms with Crippen molar-refractivity contribution in [2.75, 3.05) is 13.2 Å². The smallest absolute Gasteiger partial charge is 0.387 e. The Morgan fingerprint density at radius 2 is 2.03 bits per heavy atom. The number of benzene rings is 1. The van der Waals surface area contributed by atoms with Gasteiger partial charge in [-0.2, -0.15) is 8.78 Å². The monoisotopic (exact) mass is 406 g/mol. The predicted molar refractivity (Wildman–Crippen MR) is 109 cm³/mol. The number of rotatable bonds is 10. The lowest BCUT2D eigenvalue weighted by atomic mass is 10.2. The van der Waals surface area contributed by atoms with Crippen LogP contribution in [0.25, 0.3) is 0 Å². The Morgan fingerprint density at radius 1 is 1.21 bits per heavy atom. The first-order chi connectivity index (χ1) is 14.0. The van der Waals surface area contributed by atoms with E-state index in [-0.39, 0.29) is 12.3 Å². The standard InChI is InChI=1S/C21H28F2N4O2/c1-4-11-28-17-9-8-16(19(12-17)29-20(22)23)13-26-21(24-5-2)27-14-18-15(3)7-6-10-25-18/h6-10,12,20H,4-5,11,13-14H2,1-3H3,(H2,24,26,27). The van der Waals surface area contributed by atoms with Gasteiger partial charge in [0.05, 0.1) is 25.4 Å². The summed E-state index contributed by atoms with van der Waals surface area (Å²) in [5, 5.41) is 6.35. The summed E-state index contributed by atoms with van der Waals surface area (Å²) in [6.07, 6.45) is 2.56. The maximum absolute atomic E-state index is 12.8. The van der Waals surface area contributed by atoms with E-state index in [1.165, 1.54) is 6.07 Å². The van der Waals surface area contributed by atoms with Crippen molar-refractivity contribution in [2.45, 2.75) is 46.9 Å². The molecular formula is C21H28F2N4O2. The van der Waals surface area contributed by atoms with Gasteiger partial charge in [0.1, 0.15) is 11.5 Å². The van der Waals surface area contributed by atoms with Gasteiger partial charge in [0.15, 0.2) is 5.96 Å². The van der Waals surface area contributed by atoms with E-state index in [0.717, 1.165) is 17.7 Å². The van der Waals surface area contributed by atoms with Crippen LogP contribution in [0, 0.1) is 6.92 Å². The number of ether oxygens (including phenoxy) is 2. The molecule has 0 saturated carbocycles. The van der Waals surface area contributed by atoms with E-state index in [4.69, 9.17) is 4.74 Å². The van der Waals surface area contributed by atoms with Crippen LogP contribution in [0.2, 0.25) is 0 Å². The summed E-state index contributed by atoms with van der Waals surface area (Å²) in [5.74, 6) is 1.12. The summed E-state index contributed by atoms with van der Waals surface area (Å²) in [6, 6.07) is 8.78. The maximum Gasteiger partial charge on any atom is 0.387 e. The van der Waals surface area contributed by atoms with Crippen molar-refractivity contribution in [1.82, 2.24) is 15.6 Å². The molecule has 1 aromatic heterocycles. The Morgan fingerprint density at radius 3 is 2.72 bits per heavy atom. The molecule has 0 radical (unpaired) electrons. The van der Waals surface area contributed by atoms with Crippen LogP contribution in [0.5, 0.6) is 11.5 Å². The van der Waals surface area contributed by atoms with E-state index >= 15 is 0 Å². The third-order valence-electron chi connectivity index (χ3n) is 4.02. The quantitative estimate of drug-likeness (QED) is 0.461. The number of nitrogens with zero attached hydrogens (tertiary/aromatic N) is 2. The van der Waals surface area contributed by atoms with Gasteiger partial charge in [-0.1, -0.05) is 13.0 Å². The number of aromatic nitrogens is 1. The van der Waals surface area contributed by atoms with Crippen molar-refractivity contribution in [1.29, 1.82) is 0 Å². The number of aryl methyl sites for hydroxylation is 1. The first kappa shape index (κ1) is 22.4. The normalized spacial score (nSPS) is 11.4. The van der Waals surface area contributed by atoms with Gasteiger partial charge in [-0.3, -0.25) is 4.98 Å². The Hall–Kier alpha value is -2.90. The van der Waals surface area contributed by atoms with Gasteiger partial charge >= 0.3 is 6.61 Å². The fourth-order valence-electron chi connectivity index (χ4n) is 2.56. The van der Waals surface area contributed by atoms with Crippen LogP contribution in [-0.4, -0.2) is 30.7 Å². The molecule has 1 aromatic carbocycles. The topological polar surface area (TPSA) is 67.8 Å². The molecule has 6 nitrogen and oxygen atoms in total. The zero-order valence-electron chi connectivity index (χ0n) is 17.0. The molecule has 0 spiro atoms. The minimum atomic E-state index is -2.92. The number of halogens is 2. The largest absolute Gasteiger partial charge is 0.493 e. The van der Waals surface area contributed by atoms with Gasteiger partial charge in [0.25, 0.3) is 0 Å². The number of guanidine groups is 1. The summed E-state index contributed by atoms with van der Waals surface area (Å²) < 4.78 is 35.8. The second-order valence-electron chi connectivity index (χ2n) is 6.31. The Balaban J connectivity index is 2.12. The van der Waals surface area contributed by atoms with Gasteiger partial charge in [0.2, 0.25) is 0 Å². The van der Waals surface area contributed by atoms with Gasteiger partial charge in [-0.25, -0.2) is 4.99 Å². The molecule has 0 bridgehead atoms. The van der Waals surface area contributed by atoms with Crippen molar-refractivity contribution in [2.24, 2.45) is 4.99 Å². The Bertz CT molecular complexity index is 800. The van der Waals surface area contributed by atoms with Gasteiger partial charge in [0, 0.05) is 24.4 Å². The first-order valence-corrected chi connectivity index (χ1v) is 9.66. The van der Waals surface area contributed by atoms with Crippen molar-refractivity contribution in [3.8, 4) is 11.5 Å². The molecule has 0 aliphatic carbocycles. The van der Waals surface area contributed by atoms with Crippen molar-refractivity contribution in [3.05, 3.63) is 53.3 Å². The highest BCUT2D eigenvalue weighted by molar-refractivity contribution is 5.79. The van der Waals surface area contributed by atoms with Gasteiger partial charge < -0.3 is 20.1 Å². The minimum absolute atomic E-state index is 0.0637. The second-order valence-corrected chi connectivity index (χ2v) is 6.31. The molecule has 0 fully saturated rings. The van der Waals surface area contributed by atoms with Crippen molar-refractivity contribution >= 4 is 5.96 Å². The fraction of sp³-hybridized carbons (Fsp3) is 0.429. The number of hydrogen-bond acceptors (Lipinski definition) is 4. The van der Waals surface area contributed by atoms with E-state index in [9.17, 15) is 8.78 Å². The molecule has 0 atom stereocenters. The first-order valence-electron chi connectivity index (χ1n) is 9.66. The van der Waals surface area contributed by atoms with Crippen LogP contribution < -0.4 is 20.1 Å². The van der Waals surface area contributed by atoms with Crippen LogP contribution >= 0.6 is 0 Å². The number of hydrogen-bond donors (Lipinski definition) is 2. The Kier molecular flexibility index (Phi) is 9.14. The summed E-state index contributed by atoms with van der Waals surface area (Å²) >= 11 is 0. The van der Waals surface area contributed by atoms with Gasteiger partial charge in [-0.05, 0) is 44.0 Å². The van der Waals surface area contributed by atoms with E-state index < -0.39 is 6.61 Å². The Labute approximate surface area is 170 Å². The average Bonchev–Trinajstić information content (AvgIpc) is 2.70. The molecule has 2 rings (SSSR count). The SMILES string of the molecule is CCCOc1ccc(CN=C(NCC)NCc2ncccc2C)c(OC(F)F)c1. The molecule has 29 heavy (non-hydrogen) atoms. The van der Waals surface area contributed by atoms with E-state index in [1.54, 1.807) is 18.3 Å². The van der Waals surface area contributed by atoms with Gasteiger partial charge in [-0.15, -0.1) is 0 Å². The number of nitrogens with one attached hydrogen (secondary N) is 2. The zero-order valence-corrected chi connectivity index (χ0v) is 17.0. The van der Waals surface area contributed by atoms with Crippen LogP contribution in [0.1, 0.15) is 37.1 Å². The lowest BCUT2D eigenvalue weighted by Crippen LogP contribution is -2.37. The third-order valence-corrected chi connectivity index (χ3v) is 4.02. The van der Waals surface area contributed by atoms with E-state index in [2.05, 4.69) is 25.3 Å². The fourth-order valence-corrected chi connectivity index (χ4v) is 2.56. The second kappa shape index (κ2) is 11.8. The molecule has 1 heterocycles. The van der Waals surface area contributed by atoms with Crippen LogP contribution in [0.15, 0.2) is 41.5 Å². The molecule has 8 heteroatoms. The lowest BCUT2D eigenvalue weighted by Gasteiger charge is -2.14. The number of pyridine rings is 1. The summed E-state index contributed by atoms with van der Waals surface area (Å²) in [4.78, 5) is 8.84. The summed E-state index contributed by atoms with van der Waals surface area (Å²) in [7, 11) is 0. The van der Waals surface area contributed by atoms with Crippen LogP contribution in [0.4, 0.5) is 8.78 Å². The third kappa shape index (κ3) is 7.56.